The molecule has 26 heavy (non-hydrogen) atoms. The standard InChI is InChI=1S/C18H28N6O.HI/c19-16(20-7-4-18(25)13-14-2-3-15(18)12-14)23-8-10-24(11-9-23)17-21-5-1-6-22-17;/h1,5-6,14-15,25H,2-4,7-13H2,(H2,19,20);1H. The number of fused-ring (bicyclic) bond motifs is 2. The molecule has 3 aliphatic rings. The van der Waals surface area contributed by atoms with Crippen LogP contribution in [0.3, 0.4) is 0 Å². The summed E-state index contributed by atoms with van der Waals surface area (Å²) in [5.74, 6) is 2.60. The average molecular weight is 472 g/mol. The second-order valence-electron chi connectivity index (χ2n) is 7.70. The van der Waals surface area contributed by atoms with Crippen molar-refractivity contribution in [3.63, 3.8) is 0 Å². The molecule has 1 aromatic heterocycles. The minimum absolute atomic E-state index is 0. The van der Waals surface area contributed by atoms with Gasteiger partial charge in [-0.25, -0.2) is 9.97 Å². The average Bonchev–Trinajstić information content (AvgIpc) is 3.23. The third-order valence-electron chi connectivity index (χ3n) is 6.20. The number of rotatable bonds is 4. The Kier molecular flexibility index (Phi) is 6.21. The van der Waals surface area contributed by atoms with Crippen LogP contribution in [0.4, 0.5) is 5.95 Å². The first-order valence-electron chi connectivity index (χ1n) is 9.43. The van der Waals surface area contributed by atoms with Gasteiger partial charge in [-0.05, 0) is 50.0 Å². The molecule has 0 aromatic carbocycles. The van der Waals surface area contributed by atoms with E-state index in [-0.39, 0.29) is 24.0 Å². The number of nitrogens with zero attached hydrogens (tertiary/aromatic N) is 5. The first-order chi connectivity index (χ1) is 12.1. The number of aliphatic hydroxyl groups is 1. The molecule has 0 radical (unpaired) electrons. The van der Waals surface area contributed by atoms with Gasteiger partial charge in [0.25, 0.3) is 0 Å². The summed E-state index contributed by atoms with van der Waals surface area (Å²) in [6.45, 7) is 3.94. The smallest absolute Gasteiger partial charge is 0.225 e. The zero-order valence-corrected chi connectivity index (χ0v) is 17.5. The van der Waals surface area contributed by atoms with Crippen LogP contribution in [0, 0.1) is 11.8 Å². The molecule has 1 aliphatic heterocycles. The number of aliphatic imine (C=N–C) groups is 1. The summed E-state index contributed by atoms with van der Waals surface area (Å²) in [4.78, 5) is 17.4. The molecule has 0 spiro atoms. The fourth-order valence-corrected chi connectivity index (χ4v) is 4.78. The molecule has 4 rings (SSSR count). The maximum Gasteiger partial charge on any atom is 0.225 e. The van der Waals surface area contributed by atoms with Crippen LogP contribution in [-0.2, 0) is 0 Å². The number of guanidine groups is 1. The largest absolute Gasteiger partial charge is 0.390 e. The highest BCUT2D eigenvalue weighted by Gasteiger charge is 2.49. The van der Waals surface area contributed by atoms with Crippen LogP contribution in [0.5, 0.6) is 0 Å². The topological polar surface area (TPSA) is 90.9 Å². The first kappa shape index (κ1) is 19.6. The zero-order chi connectivity index (χ0) is 17.3. The summed E-state index contributed by atoms with van der Waals surface area (Å²) >= 11 is 0. The number of aromatic nitrogens is 2. The van der Waals surface area contributed by atoms with Crippen molar-refractivity contribution >= 4 is 35.9 Å². The third kappa shape index (κ3) is 4.05. The summed E-state index contributed by atoms with van der Waals surface area (Å²) in [6, 6.07) is 1.83. The molecule has 3 unspecified atom stereocenters. The van der Waals surface area contributed by atoms with Gasteiger partial charge in [-0.1, -0.05) is 0 Å². The van der Waals surface area contributed by atoms with E-state index in [9.17, 15) is 5.11 Å². The fourth-order valence-electron chi connectivity index (χ4n) is 4.78. The van der Waals surface area contributed by atoms with E-state index in [1.165, 1.54) is 19.3 Å². The Balaban J connectivity index is 0.00000196. The molecule has 1 aromatic rings. The first-order valence-corrected chi connectivity index (χ1v) is 9.43. The maximum atomic E-state index is 10.8. The Morgan fingerprint density at radius 1 is 1.23 bits per heavy atom. The van der Waals surface area contributed by atoms with Gasteiger partial charge in [0, 0.05) is 45.1 Å². The van der Waals surface area contributed by atoms with Crippen molar-refractivity contribution < 1.29 is 5.11 Å². The number of piperazine rings is 1. The summed E-state index contributed by atoms with van der Waals surface area (Å²) in [5, 5.41) is 10.8. The Labute approximate surface area is 172 Å². The molecule has 3 N–H and O–H groups in total. The molecule has 144 valence electrons. The lowest BCUT2D eigenvalue weighted by molar-refractivity contribution is -0.0181. The number of anilines is 1. The van der Waals surface area contributed by atoms with E-state index in [0.29, 0.717) is 18.4 Å². The van der Waals surface area contributed by atoms with Gasteiger partial charge in [-0.3, -0.25) is 4.99 Å². The quantitative estimate of drug-likeness (QED) is 0.392. The fraction of sp³-hybridized carbons (Fsp3) is 0.722. The van der Waals surface area contributed by atoms with Crippen molar-refractivity contribution in [1.82, 2.24) is 14.9 Å². The van der Waals surface area contributed by atoms with Crippen molar-refractivity contribution in [3.05, 3.63) is 18.5 Å². The molecule has 2 aliphatic carbocycles. The second-order valence-corrected chi connectivity index (χ2v) is 7.70. The van der Waals surface area contributed by atoms with Crippen molar-refractivity contribution in [1.29, 1.82) is 0 Å². The van der Waals surface area contributed by atoms with E-state index in [1.807, 2.05) is 6.07 Å². The molecule has 2 heterocycles. The van der Waals surface area contributed by atoms with Crippen molar-refractivity contribution in [2.75, 3.05) is 37.6 Å². The highest BCUT2D eigenvalue weighted by molar-refractivity contribution is 14.0. The second kappa shape index (κ2) is 8.24. The summed E-state index contributed by atoms with van der Waals surface area (Å²) in [5.41, 5.74) is 5.69. The third-order valence-corrected chi connectivity index (χ3v) is 6.20. The van der Waals surface area contributed by atoms with E-state index in [2.05, 4.69) is 24.8 Å². The lowest BCUT2D eigenvalue weighted by Crippen LogP contribution is -2.51. The van der Waals surface area contributed by atoms with Gasteiger partial charge in [0.15, 0.2) is 5.96 Å². The van der Waals surface area contributed by atoms with Gasteiger partial charge in [0.1, 0.15) is 0 Å². The highest BCUT2D eigenvalue weighted by atomic mass is 127. The number of hydrogen-bond acceptors (Lipinski definition) is 5. The Morgan fingerprint density at radius 3 is 2.58 bits per heavy atom. The minimum Gasteiger partial charge on any atom is -0.390 e. The lowest BCUT2D eigenvalue weighted by Gasteiger charge is -2.35. The molecule has 1 saturated heterocycles. The van der Waals surface area contributed by atoms with E-state index in [0.717, 1.165) is 50.9 Å². The normalized spacial score (nSPS) is 31.2. The molecule has 7 nitrogen and oxygen atoms in total. The van der Waals surface area contributed by atoms with E-state index in [1.54, 1.807) is 12.4 Å². The van der Waals surface area contributed by atoms with E-state index in [4.69, 9.17) is 5.73 Å². The Bertz CT molecular complexity index is 621. The number of hydrogen-bond donors (Lipinski definition) is 2. The molecular formula is C18H29IN6O. The molecule has 0 amide bonds. The van der Waals surface area contributed by atoms with Gasteiger partial charge in [0.05, 0.1) is 5.60 Å². The van der Waals surface area contributed by atoms with Gasteiger partial charge in [-0.2, -0.15) is 0 Å². The molecule has 2 saturated carbocycles. The SMILES string of the molecule is I.NC(=NCCC1(O)CC2CCC1C2)N1CCN(c2ncccn2)CC1. The lowest BCUT2D eigenvalue weighted by atomic mass is 9.82. The van der Waals surface area contributed by atoms with Crippen molar-refractivity contribution in [3.8, 4) is 0 Å². The number of nitrogens with two attached hydrogens (primary N) is 1. The predicted molar refractivity (Wildman–Crippen MR) is 113 cm³/mol. The van der Waals surface area contributed by atoms with Crippen LogP contribution >= 0.6 is 24.0 Å². The summed E-state index contributed by atoms with van der Waals surface area (Å²) in [7, 11) is 0. The monoisotopic (exact) mass is 472 g/mol. The van der Waals surface area contributed by atoms with Crippen LogP contribution in [0.25, 0.3) is 0 Å². The van der Waals surface area contributed by atoms with Gasteiger partial charge in [-0.15, -0.1) is 24.0 Å². The number of halogens is 1. The van der Waals surface area contributed by atoms with Crippen molar-refractivity contribution in [2.45, 2.75) is 37.7 Å². The van der Waals surface area contributed by atoms with E-state index < -0.39 is 5.60 Å². The van der Waals surface area contributed by atoms with Crippen LogP contribution < -0.4 is 10.6 Å². The van der Waals surface area contributed by atoms with Crippen molar-refractivity contribution in [2.24, 2.45) is 22.6 Å². The molecule has 2 bridgehead atoms. The van der Waals surface area contributed by atoms with Gasteiger partial charge in [0.2, 0.25) is 5.95 Å². The van der Waals surface area contributed by atoms with Gasteiger partial charge < -0.3 is 20.6 Å². The summed E-state index contributed by atoms with van der Waals surface area (Å²) in [6.07, 6.45) is 8.93. The Hall–Kier alpha value is -1.16. The van der Waals surface area contributed by atoms with Crippen LogP contribution in [-0.4, -0.2) is 64.3 Å². The van der Waals surface area contributed by atoms with E-state index >= 15 is 0 Å². The molecule has 3 atom stereocenters. The minimum atomic E-state index is -0.490. The van der Waals surface area contributed by atoms with Gasteiger partial charge >= 0.3 is 0 Å². The Morgan fingerprint density at radius 2 is 1.96 bits per heavy atom. The van der Waals surface area contributed by atoms with Crippen LogP contribution in [0.15, 0.2) is 23.5 Å². The molecular weight excluding hydrogens is 443 g/mol. The van der Waals surface area contributed by atoms with Crippen LogP contribution in [0.2, 0.25) is 0 Å². The maximum absolute atomic E-state index is 10.8. The zero-order valence-electron chi connectivity index (χ0n) is 15.1. The molecule has 8 heteroatoms. The highest BCUT2D eigenvalue weighted by Crippen LogP contribution is 2.52. The molecule has 3 fully saturated rings. The predicted octanol–water partition coefficient (Wildman–Crippen LogP) is 1.47. The van der Waals surface area contributed by atoms with Crippen LogP contribution in [0.1, 0.15) is 32.1 Å². The summed E-state index contributed by atoms with van der Waals surface area (Å²) < 4.78 is 0.